The lowest BCUT2D eigenvalue weighted by atomic mass is 9.95. The Morgan fingerprint density at radius 3 is 1.21 bits per heavy atom. The molecular weight excluding hydrogens is 420 g/mol. The van der Waals surface area contributed by atoms with E-state index in [0.717, 1.165) is 18.6 Å². The highest BCUT2D eigenvalue weighted by Crippen LogP contribution is 2.23. The fraction of sp³-hybridized carbons (Fsp3) is 1.00. The monoisotopic (exact) mass is 491 g/mol. The summed E-state index contributed by atoms with van der Waals surface area (Å²) in [5.74, 6) is 0. The minimum Gasteiger partial charge on any atom is -0.333 e. The Labute approximate surface area is 218 Å². The molecule has 34 heavy (non-hydrogen) atoms. The van der Waals surface area contributed by atoms with Gasteiger partial charge in [-0.15, -0.1) is 0 Å². The molecule has 6 nitrogen and oxygen atoms in total. The van der Waals surface area contributed by atoms with Crippen molar-refractivity contribution in [3.63, 3.8) is 0 Å². The molecule has 0 aromatic carbocycles. The minimum atomic E-state index is 0.676. The molecular formula is C28H70N6. The molecule has 0 bridgehead atoms. The van der Waals surface area contributed by atoms with Crippen molar-refractivity contribution in [1.82, 2.24) is 24.9 Å². The molecule has 2 rings (SSSR count). The second kappa shape index (κ2) is 29.0. The van der Waals surface area contributed by atoms with Crippen LogP contribution in [0.5, 0.6) is 0 Å². The van der Waals surface area contributed by atoms with Crippen molar-refractivity contribution in [3.05, 3.63) is 0 Å². The summed E-state index contributed by atoms with van der Waals surface area (Å²) in [7, 11) is 18.1. The van der Waals surface area contributed by atoms with Gasteiger partial charge in [0, 0.05) is 24.2 Å². The van der Waals surface area contributed by atoms with E-state index in [-0.39, 0.29) is 0 Å². The van der Waals surface area contributed by atoms with E-state index in [0.29, 0.717) is 12.1 Å². The van der Waals surface area contributed by atoms with Crippen molar-refractivity contribution in [2.24, 2.45) is 5.73 Å². The second-order valence-electron chi connectivity index (χ2n) is 10.5. The SMILES string of the molecule is CC(C)N(C)C(C)C.CCN(C)C1CCCCC1.CCNC.CN.CN(C)C.CN(C)C1CC1. The zero-order valence-corrected chi connectivity index (χ0v) is 26.5. The molecule has 2 saturated carbocycles. The average Bonchev–Trinajstić information content (AvgIpc) is 3.66. The Hall–Kier alpha value is -0.240. The zero-order valence-electron chi connectivity index (χ0n) is 26.5. The largest absolute Gasteiger partial charge is 0.333 e. The molecule has 0 aromatic rings. The van der Waals surface area contributed by atoms with Crippen molar-refractivity contribution in [2.75, 3.05) is 76.5 Å². The third-order valence-electron chi connectivity index (χ3n) is 5.96. The van der Waals surface area contributed by atoms with Crippen molar-refractivity contribution in [3.8, 4) is 0 Å². The van der Waals surface area contributed by atoms with Crippen molar-refractivity contribution >= 4 is 0 Å². The van der Waals surface area contributed by atoms with Gasteiger partial charge >= 0.3 is 0 Å². The summed E-state index contributed by atoms with van der Waals surface area (Å²) in [4.78, 5) is 9.10. The molecule has 0 heterocycles. The Morgan fingerprint density at radius 1 is 0.706 bits per heavy atom. The normalized spacial score (nSPS) is 15.4. The van der Waals surface area contributed by atoms with Crippen molar-refractivity contribution in [1.29, 1.82) is 0 Å². The van der Waals surface area contributed by atoms with Gasteiger partial charge in [0.25, 0.3) is 0 Å². The van der Waals surface area contributed by atoms with Crippen LogP contribution >= 0.6 is 0 Å². The molecule has 0 amide bonds. The topological polar surface area (TPSA) is 51.0 Å². The molecule has 0 aliphatic heterocycles. The lowest BCUT2D eigenvalue weighted by molar-refractivity contribution is 0.200. The summed E-state index contributed by atoms with van der Waals surface area (Å²) in [5.41, 5.74) is 4.50. The summed E-state index contributed by atoms with van der Waals surface area (Å²) in [6.45, 7) is 15.4. The Morgan fingerprint density at radius 2 is 1.06 bits per heavy atom. The summed E-state index contributed by atoms with van der Waals surface area (Å²) in [5, 5.41) is 2.93. The highest BCUT2D eigenvalue weighted by atomic mass is 15.1. The van der Waals surface area contributed by atoms with Crippen LogP contribution in [0, 0.1) is 0 Å². The fourth-order valence-corrected chi connectivity index (χ4v) is 2.97. The second-order valence-corrected chi connectivity index (χ2v) is 10.5. The smallest absolute Gasteiger partial charge is 0.00920 e. The van der Waals surface area contributed by atoms with Crippen LogP contribution in [-0.2, 0) is 0 Å². The maximum Gasteiger partial charge on any atom is 0.00920 e. The van der Waals surface area contributed by atoms with Gasteiger partial charge in [-0.25, -0.2) is 0 Å². The molecule has 0 unspecified atom stereocenters. The van der Waals surface area contributed by atoms with Gasteiger partial charge in [0.05, 0.1) is 0 Å². The molecule has 6 heteroatoms. The first-order valence-electron chi connectivity index (χ1n) is 13.8. The highest BCUT2D eigenvalue weighted by Gasteiger charge is 2.22. The molecule has 2 fully saturated rings. The number of hydrogen-bond donors (Lipinski definition) is 2. The Kier molecular flexibility index (Phi) is 34.9. The lowest BCUT2D eigenvalue weighted by Gasteiger charge is -2.29. The first-order chi connectivity index (χ1) is 15.8. The first-order valence-corrected chi connectivity index (χ1v) is 13.8. The predicted octanol–water partition coefficient (Wildman–Crippen LogP) is 4.69. The van der Waals surface area contributed by atoms with Crippen LogP contribution < -0.4 is 11.1 Å². The van der Waals surface area contributed by atoms with Gasteiger partial charge < -0.3 is 30.7 Å². The molecule has 212 valence electrons. The van der Waals surface area contributed by atoms with Gasteiger partial charge in [0.2, 0.25) is 0 Å². The molecule has 0 radical (unpaired) electrons. The van der Waals surface area contributed by atoms with Crippen molar-refractivity contribution in [2.45, 2.75) is 111 Å². The summed E-state index contributed by atoms with van der Waals surface area (Å²) >= 11 is 0. The van der Waals surface area contributed by atoms with Crippen molar-refractivity contribution < 1.29 is 0 Å². The van der Waals surface area contributed by atoms with E-state index in [2.05, 4.69) is 95.5 Å². The lowest BCUT2D eigenvalue weighted by Crippen LogP contribution is -2.32. The quantitative estimate of drug-likeness (QED) is 0.563. The molecule has 0 saturated heterocycles. The minimum absolute atomic E-state index is 0.676. The molecule has 2 aliphatic rings. The van der Waals surface area contributed by atoms with Gasteiger partial charge in [0.15, 0.2) is 0 Å². The third-order valence-corrected chi connectivity index (χ3v) is 5.96. The van der Waals surface area contributed by atoms with E-state index in [4.69, 9.17) is 0 Å². The van der Waals surface area contributed by atoms with Crippen LogP contribution in [-0.4, -0.2) is 120 Å². The van der Waals surface area contributed by atoms with Gasteiger partial charge in [-0.2, -0.15) is 0 Å². The van der Waals surface area contributed by atoms with Crippen LogP contribution in [0.2, 0.25) is 0 Å². The van der Waals surface area contributed by atoms with Gasteiger partial charge in [-0.05, 0) is 130 Å². The number of hydrogen-bond acceptors (Lipinski definition) is 6. The third kappa shape index (κ3) is 33.9. The molecule has 0 spiro atoms. The van der Waals surface area contributed by atoms with Gasteiger partial charge in [-0.3, -0.25) is 0 Å². The summed E-state index contributed by atoms with van der Waals surface area (Å²) < 4.78 is 0. The van der Waals surface area contributed by atoms with Crippen LogP contribution in [0.3, 0.4) is 0 Å². The highest BCUT2D eigenvalue weighted by molar-refractivity contribution is 4.79. The first kappa shape index (κ1) is 40.9. The van der Waals surface area contributed by atoms with Gasteiger partial charge in [0.1, 0.15) is 0 Å². The number of nitrogens with one attached hydrogen (secondary N) is 1. The Balaban J connectivity index is -0.000000170. The van der Waals surface area contributed by atoms with E-state index in [1.807, 2.05) is 33.1 Å². The van der Waals surface area contributed by atoms with E-state index < -0.39 is 0 Å². The molecule has 3 N–H and O–H groups in total. The van der Waals surface area contributed by atoms with E-state index in [9.17, 15) is 0 Å². The number of nitrogens with two attached hydrogens (primary N) is 1. The zero-order chi connectivity index (χ0) is 27.7. The Bertz CT molecular complexity index is 338. The van der Waals surface area contributed by atoms with E-state index in [1.165, 1.54) is 58.5 Å². The number of nitrogens with zero attached hydrogens (tertiary/aromatic N) is 4. The standard InChI is InChI=1S/C9H19N.C7H17N.C5H11N.2C3H9N.CH5N/c1-3-10(2)9-7-5-4-6-8-9;1-6(2)8(5)7(3)4;1-6(2)5-3-4-5;1-4(2)3;1-3-4-2;1-2/h9H,3-8H2,1-2H3;6-7H,1-5H3;5H,3-4H2,1-2H3;1-3H3;4H,3H2,1-2H3;2H2,1H3. The van der Waals surface area contributed by atoms with E-state index >= 15 is 0 Å². The summed E-state index contributed by atoms with van der Waals surface area (Å²) in [6.07, 6.45) is 10.1. The van der Waals surface area contributed by atoms with Crippen LogP contribution in [0.15, 0.2) is 0 Å². The summed E-state index contributed by atoms with van der Waals surface area (Å²) in [6, 6.07) is 3.19. The predicted molar refractivity (Wildman–Crippen MR) is 159 cm³/mol. The number of rotatable bonds is 6. The van der Waals surface area contributed by atoms with Gasteiger partial charge in [-0.1, -0.05) is 33.1 Å². The molecule has 2 aliphatic carbocycles. The molecule has 0 atom stereocenters. The fourth-order valence-electron chi connectivity index (χ4n) is 2.97. The van der Waals surface area contributed by atoms with Crippen LogP contribution in [0.4, 0.5) is 0 Å². The maximum absolute atomic E-state index is 4.50. The van der Waals surface area contributed by atoms with Crippen LogP contribution in [0.1, 0.15) is 86.5 Å². The van der Waals surface area contributed by atoms with Crippen LogP contribution in [0.25, 0.3) is 0 Å². The maximum atomic E-state index is 4.50. The molecule has 0 aromatic heterocycles. The average molecular weight is 491 g/mol. The van der Waals surface area contributed by atoms with E-state index in [1.54, 1.807) is 0 Å².